The number of hydrogen-bond acceptors (Lipinski definition) is 8. The Labute approximate surface area is 181 Å². The second-order valence-electron chi connectivity index (χ2n) is 6.36. The molecular weight excluding hydrogens is 418 g/mol. The molecule has 1 amide bonds. The average Bonchev–Trinajstić information content (AvgIpc) is 3.29. The summed E-state index contributed by atoms with van der Waals surface area (Å²) in [7, 11) is 0. The summed E-state index contributed by atoms with van der Waals surface area (Å²) in [5.74, 6) is 0.966. The van der Waals surface area contributed by atoms with E-state index in [1.54, 1.807) is 24.3 Å². The first kappa shape index (κ1) is 20.6. The number of benzene rings is 1. The summed E-state index contributed by atoms with van der Waals surface area (Å²) >= 11 is 1.13. The predicted molar refractivity (Wildman–Crippen MR) is 116 cm³/mol. The van der Waals surface area contributed by atoms with Crippen LogP contribution in [0.5, 0.6) is 5.75 Å². The van der Waals surface area contributed by atoms with Gasteiger partial charge in [0, 0.05) is 12.4 Å². The summed E-state index contributed by atoms with van der Waals surface area (Å²) < 4.78 is 12.3. The Kier molecular flexibility index (Phi) is 6.27. The maximum Gasteiger partial charge on any atom is 0.282 e. The highest BCUT2D eigenvalue weighted by Gasteiger charge is 2.16. The summed E-state index contributed by atoms with van der Waals surface area (Å²) in [5, 5.41) is 3.19. The molecule has 1 N–H and O–H groups in total. The van der Waals surface area contributed by atoms with E-state index in [0.717, 1.165) is 11.8 Å². The van der Waals surface area contributed by atoms with E-state index in [0.29, 0.717) is 29.0 Å². The molecule has 1 aromatic carbocycles. The highest BCUT2D eigenvalue weighted by molar-refractivity contribution is 7.99. The van der Waals surface area contributed by atoms with Gasteiger partial charge in [0.1, 0.15) is 11.5 Å². The Balaban J connectivity index is 1.57. The van der Waals surface area contributed by atoms with Crippen LogP contribution in [0.4, 0.5) is 5.69 Å². The van der Waals surface area contributed by atoms with E-state index in [1.165, 1.54) is 23.2 Å². The fourth-order valence-electron chi connectivity index (χ4n) is 2.90. The molecule has 0 aliphatic carbocycles. The van der Waals surface area contributed by atoms with Crippen LogP contribution in [0.15, 0.2) is 69.4 Å². The number of carbonyl (C=O) groups excluding carboxylic acids is 1. The number of hydrogen-bond donors (Lipinski definition) is 1. The first-order valence-electron chi connectivity index (χ1n) is 9.54. The standard InChI is InChI=1S/C21H19N5O4S/c1-2-29-16-8-4-3-7-15(16)24-17(27)13-31-21-25-19-18(22-9-10-23-19)20(28)26(21)12-14-6-5-11-30-14/h3-11H,2,12-13H2,1H3,(H,24,27). The third kappa shape index (κ3) is 4.75. The molecule has 0 saturated carbocycles. The summed E-state index contributed by atoms with van der Waals surface area (Å²) in [4.78, 5) is 38.2. The van der Waals surface area contributed by atoms with Crippen molar-refractivity contribution in [1.82, 2.24) is 19.5 Å². The van der Waals surface area contributed by atoms with Crippen LogP contribution in [0.1, 0.15) is 12.7 Å². The van der Waals surface area contributed by atoms with Gasteiger partial charge in [-0.3, -0.25) is 14.2 Å². The van der Waals surface area contributed by atoms with E-state index in [2.05, 4.69) is 20.3 Å². The molecule has 31 heavy (non-hydrogen) atoms. The van der Waals surface area contributed by atoms with E-state index >= 15 is 0 Å². The summed E-state index contributed by atoms with van der Waals surface area (Å²) in [6.45, 7) is 2.53. The van der Waals surface area contributed by atoms with Gasteiger partial charge in [0.15, 0.2) is 16.3 Å². The molecule has 0 fully saturated rings. The zero-order chi connectivity index (χ0) is 21.6. The molecule has 0 spiro atoms. The smallest absolute Gasteiger partial charge is 0.282 e. The van der Waals surface area contributed by atoms with Gasteiger partial charge in [0.25, 0.3) is 5.56 Å². The Morgan fingerprint density at radius 2 is 2.03 bits per heavy atom. The summed E-state index contributed by atoms with van der Waals surface area (Å²) in [6, 6.07) is 10.7. The van der Waals surface area contributed by atoms with Gasteiger partial charge in [-0.2, -0.15) is 0 Å². The number of amides is 1. The number of thioether (sulfide) groups is 1. The second kappa shape index (κ2) is 9.43. The lowest BCUT2D eigenvalue weighted by Gasteiger charge is -2.13. The van der Waals surface area contributed by atoms with Gasteiger partial charge >= 0.3 is 0 Å². The van der Waals surface area contributed by atoms with Gasteiger partial charge in [-0.1, -0.05) is 23.9 Å². The molecule has 0 aliphatic rings. The molecule has 4 aromatic rings. The number of para-hydroxylation sites is 2. The van der Waals surface area contributed by atoms with Crippen LogP contribution in [0.25, 0.3) is 11.2 Å². The molecule has 0 atom stereocenters. The van der Waals surface area contributed by atoms with Crippen LogP contribution >= 0.6 is 11.8 Å². The van der Waals surface area contributed by atoms with Gasteiger partial charge in [-0.15, -0.1) is 0 Å². The van der Waals surface area contributed by atoms with Crippen molar-refractivity contribution in [2.24, 2.45) is 0 Å². The van der Waals surface area contributed by atoms with Crippen molar-refractivity contribution in [3.8, 4) is 5.75 Å². The number of fused-ring (bicyclic) bond motifs is 1. The van der Waals surface area contributed by atoms with E-state index in [1.807, 2.05) is 19.1 Å². The number of anilines is 1. The van der Waals surface area contributed by atoms with Gasteiger partial charge in [-0.25, -0.2) is 15.0 Å². The maximum atomic E-state index is 13.0. The summed E-state index contributed by atoms with van der Waals surface area (Å²) in [6.07, 6.45) is 4.45. The molecule has 9 nitrogen and oxygen atoms in total. The molecule has 3 aromatic heterocycles. The number of nitrogens with zero attached hydrogens (tertiary/aromatic N) is 4. The maximum absolute atomic E-state index is 13.0. The third-order valence-corrected chi connectivity index (χ3v) is 5.22. The first-order valence-corrected chi connectivity index (χ1v) is 10.5. The van der Waals surface area contributed by atoms with Crippen molar-refractivity contribution < 1.29 is 13.9 Å². The second-order valence-corrected chi connectivity index (χ2v) is 7.30. The lowest BCUT2D eigenvalue weighted by Crippen LogP contribution is -2.25. The van der Waals surface area contributed by atoms with Crippen molar-refractivity contribution in [1.29, 1.82) is 0 Å². The minimum atomic E-state index is -0.348. The van der Waals surface area contributed by atoms with Crippen LogP contribution in [-0.4, -0.2) is 37.8 Å². The van der Waals surface area contributed by atoms with Crippen LogP contribution in [0.3, 0.4) is 0 Å². The van der Waals surface area contributed by atoms with Crippen molar-refractivity contribution >= 4 is 34.5 Å². The number of ether oxygens (including phenoxy) is 1. The molecule has 158 valence electrons. The Morgan fingerprint density at radius 3 is 2.84 bits per heavy atom. The lowest BCUT2D eigenvalue weighted by atomic mass is 10.3. The molecule has 10 heteroatoms. The molecule has 3 heterocycles. The Bertz CT molecular complexity index is 1260. The number of carbonyl (C=O) groups is 1. The number of rotatable bonds is 8. The van der Waals surface area contributed by atoms with Gasteiger partial charge in [0.05, 0.1) is 30.9 Å². The van der Waals surface area contributed by atoms with Crippen molar-refractivity contribution in [2.75, 3.05) is 17.7 Å². The minimum absolute atomic E-state index is 0.0385. The zero-order valence-electron chi connectivity index (χ0n) is 16.6. The fraction of sp³-hybridized carbons (Fsp3) is 0.190. The van der Waals surface area contributed by atoms with Crippen molar-refractivity contribution in [2.45, 2.75) is 18.6 Å². The van der Waals surface area contributed by atoms with E-state index in [-0.39, 0.29) is 34.9 Å². The fourth-order valence-corrected chi connectivity index (χ4v) is 3.69. The molecule has 0 saturated heterocycles. The van der Waals surface area contributed by atoms with Crippen LogP contribution in [0, 0.1) is 0 Å². The average molecular weight is 437 g/mol. The van der Waals surface area contributed by atoms with E-state index in [4.69, 9.17) is 9.15 Å². The van der Waals surface area contributed by atoms with Crippen LogP contribution < -0.4 is 15.6 Å². The molecular formula is C21H19N5O4S. The van der Waals surface area contributed by atoms with Crippen molar-refractivity contribution in [3.63, 3.8) is 0 Å². The molecule has 0 radical (unpaired) electrons. The normalized spacial score (nSPS) is 10.9. The van der Waals surface area contributed by atoms with E-state index in [9.17, 15) is 9.59 Å². The van der Waals surface area contributed by atoms with Gasteiger partial charge in [-0.05, 0) is 31.2 Å². The Hall–Kier alpha value is -3.66. The molecule has 0 aliphatic heterocycles. The number of nitrogens with one attached hydrogen (secondary N) is 1. The predicted octanol–water partition coefficient (Wildman–Crippen LogP) is 2.96. The topological polar surface area (TPSA) is 112 Å². The molecule has 4 rings (SSSR count). The molecule has 0 unspecified atom stereocenters. The Morgan fingerprint density at radius 1 is 1.19 bits per heavy atom. The van der Waals surface area contributed by atoms with Crippen molar-refractivity contribution in [3.05, 3.63) is 71.2 Å². The van der Waals surface area contributed by atoms with Gasteiger partial charge < -0.3 is 14.5 Å². The first-order chi connectivity index (χ1) is 15.2. The van der Waals surface area contributed by atoms with Gasteiger partial charge in [0.2, 0.25) is 5.91 Å². The lowest BCUT2D eigenvalue weighted by molar-refractivity contribution is -0.113. The highest BCUT2D eigenvalue weighted by atomic mass is 32.2. The zero-order valence-corrected chi connectivity index (χ0v) is 17.5. The minimum Gasteiger partial charge on any atom is -0.492 e. The third-order valence-electron chi connectivity index (χ3n) is 4.25. The highest BCUT2D eigenvalue weighted by Crippen LogP contribution is 2.24. The largest absolute Gasteiger partial charge is 0.492 e. The molecule has 0 bridgehead atoms. The van der Waals surface area contributed by atoms with Crippen LogP contribution in [0.2, 0.25) is 0 Å². The SMILES string of the molecule is CCOc1ccccc1NC(=O)CSc1nc2nccnc2c(=O)n1Cc1ccco1. The monoisotopic (exact) mass is 437 g/mol. The summed E-state index contributed by atoms with van der Waals surface area (Å²) in [5.41, 5.74) is 0.626. The number of furan rings is 1. The van der Waals surface area contributed by atoms with E-state index < -0.39 is 0 Å². The van der Waals surface area contributed by atoms with Crippen LogP contribution in [-0.2, 0) is 11.3 Å². The quantitative estimate of drug-likeness (QED) is 0.331. The number of aromatic nitrogens is 4.